The van der Waals surface area contributed by atoms with E-state index in [1.165, 1.54) is 4.68 Å². The fraction of sp³-hybridized carbons (Fsp3) is 0. The van der Waals surface area contributed by atoms with E-state index in [4.69, 9.17) is 0 Å². The van der Waals surface area contributed by atoms with Crippen LogP contribution in [-0.4, -0.2) is 21.5 Å². The Hall–Kier alpha value is -2.75. The third-order valence-electron chi connectivity index (χ3n) is 3.39. The summed E-state index contributed by atoms with van der Waals surface area (Å²) in [6.07, 6.45) is 0. The van der Waals surface area contributed by atoms with E-state index in [1.54, 1.807) is 30.3 Å². The van der Waals surface area contributed by atoms with Gasteiger partial charge in [-0.1, -0.05) is 36.4 Å². The molecule has 4 rings (SSSR count). The highest BCUT2D eigenvalue weighted by Gasteiger charge is 2.32. The third-order valence-corrected chi connectivity index (χ3v) is 3.39. The van der Waals surface area contributed by atoms with E-state index in [0.29, 0.717) is 22.3 Å². The molecule has 0 unspecified atom stereocenters. The second kappa shape index (κ2) is 3.38. The zero-order chi connectivity index (χ0) is 13.0. The molecule has 19 heavy (non-hydrogen) atoms. The largest absolute Gasteiger partial charge is 0.287 e. The van der Waals surface area contributed by atoms with E-state index in [1.807, 2.05) is 18.2 Å². The van der Waals surface area contributed by atoms with Gasteiger partial charge in [0.05, 0.1) is 11.1 Å². The monoisotopic (exact) mass is 248 g/mol. The molecule has 0 saturated carbocycles. The minimum absolute atomic E-state index is 0.149. The van der Waals surface area contributed by atoms with Gasteiger partial charge in [0.2, 0.25) is 5.78 Å². The first-order valence-corrected chi connectivity index (χ1v) is 5.93. The second-order valence-corrected chi connectivity index (χ2v) is 4.46. The van der Waals surface area contributed by atoms with Crippen molar-refractivity contribution in [3.63, 3.8) is 0 Å². The molecule has 0 fully saturated rings. The molecule has 0 N–H and O–H groups in total. The number of benzene rings is 2. The number of fused-ring (bicyclic) bond motifs is 4. The molecule has 2 aromatic carbocycles. The highest BCUT2D eigenvalue weighted by Crippen LogP contribution is 2.27. The fourth-order valence-electron chi connectivity index (χ4n) is 2.51. The molecule has 1 aliphatic rings. The summed E-state index contributed by atoms with van der Waals surface area (Å²) in [5, 5.41) is 4.95. The van der Waals surface area contributed by atoms with Gasteiger partial charge in [0, 0.05) is 10.9 Å². The van der Waals surface area contributed by atoms with Gasteiger partial charge in [-0.3, -0.25) is 9.59 Å². The molecule has 0 radical (unpaired) electrons. The molecule has 0 spiro atoms. The number of hydrogen-bond acceptors (Lipinski definition) is 3. The van der Waals surface area contributed by atoms with Gasteiger partial charge in [-0.15, -0.1) is 0 Å². The van der Waals surface area contributed by atoms with Crippen LogP contribution in [0.15, 0.2) is 48.5 Å². The summed E-state index contributed by atoms with van der Waals surface area (Å²) in [4.78, 5) is 24.9. The van der Waals surface area contributed by atoms with Gasteiger partial charge in [-0.2, -0.15) is 9.78 Å². The molecule has 4 heteroatoms. The number of rotatable bonds is 0. The molecule has 0 aliphatic carbocycles. The topological polar surface area (TPSA) is 52.0 Å². The minimum Gasteiger partial charge on any atom is -0.287 e. The van der Waals surface area contributed by atoms with Crippen molar-refractivity contribution in [2.75, 3.05) is 0 Å². The van der Waals surface area contributed by atoms with Crippen molar-refractivity contribution in [1.82, 2.24) is 9.78 Å². The highest BCUT2D eigenvalue weighted by atomic mass is 16.2. The lowest BCUT2D eigenvalue weighted by atomic mass is 9.96. The average molecular weight is 248 g/mol. The molecule has 4 nitrogen and oxygen atoms in total. The van der Waals surface area contributed by atoms with Gasteiger partial charge in [-0.05, 0) is 12.1 Å². The van der Waals surface area contributed by atoms with Crippen LogP contribution in [-0.2, 0) is 0 Å². The van der Waals surface area contributed by atoms with Crippen molar-refractivity contribution in [3.05, 3.63) is 65.4 Å². The summed E-state index contributed by atoms with van der Waals surface area (Å²) in [5.41, 5.74) is 1.88. The van der Waals surface area contributed by atoms with Crippen LogP contribution in [0.1, 0.15) is 26.4 Å². The quantitative estimate of drug-likeness (QED) is 0.479. The van der Waals surface area contributed by atoms with Gasteiger partial charge >= 0.3 is 0 Å². The standard InChI is InChI=1S/C15H8N2O2/c18-14-9-5-1-2-6-10(9)15(19)17-13(14)11-7-3-4-8-12(11)16-17/h1-8H. The van der Waals surface area contributed by atoms with Crippen LogP contribution in [0.5, 0.6) is 0 Å². The van der Waals surface area contributed by atoms with Crippen molar-refractivity contribution in [2.24, 2.45) is 0 Å². The first-order chi connectivity index (χ1) is 9.27. The van der Waals surface area contributed by atoms with Gasteiger partial charge < -0.3 is 0 Å². The van der Waals surface area contributed by atoms with E-state index in [9.17, 15) is 9.59 Å². The first kappa shape index (κ1) is 10.2. The number of aromatic nitrogens is 2. The van der Waals surface area contributed by atoms with E-state index in [2.05, 4.69) is 5.10 Å². The van der Waals surface area contributed by atoms with Crippen LogP contribution in [0.4, 0.5) is 0 Å². The second-order valence-electron chi connectivity index (χ2n) is 4.46. The lowest BCUT2D eigenvalue weighted by Crippen LogP contribution is -2.27. The highest BCUT2D eigenvalue weighted by molar-refractivity contribution is 6.24. The summed E-state index contributed by atoms with van der Waals surface area (Å²) < 4.78 is 1.22. The maximum Gasteiger partial charge on any atom is 0.279 e. The predicted octanol–water partition coefficient (Wildman–Crippen LogP) is 2.27. The van der Waals surface area contributed by atoms with Crippen molar-refractivity contribution in [3.8, 4) is 0 Å². The number of ketones is 1. The SMILES string of the molecule is O=C1c2ccccc2C(=O)n2nc3ccccc3c21. The van der Waals surface area contributed by atoms with Crippen molar-refractivity contribution in [1.29, 1.82) is 0 Å². The van der Waals surface area contributed by atoms with Crippen molar-refractivity contribution in [2.45, 2.75) is 0 Å². The molecule has 0 saturated heterocycles. The molecule has 0 atom stereocenters. The van der Waals surface area contributed by atoms with E-state index in [-0.39, 0.29) is 11.7 Å². The van der Waals surface area contributed by atoms with Gasteiger partial charge in [0.1, 0.15) is 5.69 Å². The number of hydrogen-bond donors (Lipinski definition) is 0. The summed E-state index contributed by atoms with van der Waals surface area (Å²) >= 11 is 0. The Bertz CT molecular complexity index is 861. The maximum absolute atomic E-state index is 12.5. The summed E-state index contributed by atoms with van der Waals surface area (Å²) in [6.45, 7) is 0. The number of carbonyl (C=O) groups is 2. The van der Waals surface area contributed by atoms with Gasteiger partial charge in [0.15, 0.2) is 0 Å². The van der Waals surface area contributed by atoms with Gasteiger partial charge in [-0.25, -0.2) is 0 Å². The third kappa shape index (κ3) is 1.20. The van der Waals surface area contributed by atoms with Crippen molar-refractivity contribution < 1.29 is 9.59 Å². The smallest absolute Gasteiger partial charge is 0.279 e. The average Bonchev–Trinajstić information content (AvgIpc) is 2.84. The normalized spacial score (nSPS) is 13.5. The van der Waals surface area contributed by atoms with E-state index >= 15 is 0 Å². The van der Waals surface area contributed by atoms with Crippen LogP contribution >= 0.6 is 0 Å². The Kier molecular flexibility index (Phi) is 1.82. The number of nitrogens with zero attached hydrogens (tertiary/aromatic N) is 2. The van der Waals surface area contributed by atoms with E-state index < -0.39 is 0 Å². The lowest BCUT2D eigenvalue weighted by Gasteiger charge is -2.14. The van der Waals surface area contributed by atoms with Gasteiger partial charge in [0.25, 0.3) is 5.91 Å². The maximum atomic E-state index is 12.5. The zero-order valence-electron chi connectivity index (χ0n) is 9.83. The first-order valence-electron chi connectivity index (χ1n) is 5.93. The molecular weight excluding hydrogens is 240 g/mol. The molecule has 0 bridgehead atoms. The Morgan fingerprint density at radius 3 is 2.37 bits per heavy atom. The Labute approximate surface area is 108 Å². The minimum atomic E-state index is -0.249. The van der Waals surface area contributed by atoms with E-state index in [0.717, 1.165) is 5.39 Å². The van der Waals surface area contributed by atoms with Crippen LogP contribution in [0.2, 0.25) is 0 Å². The molecule has 2 heterocycles. The molecule has 3 aromatic rings. The van der Waals surface area contributed by atoms with Crippen LogP contribution < -0.4 is 0 Å². The molecule has 90 valence electrons. The zero-order valence-corrected chi connectivity index (χ0v) is 9.83. The Balaban J connectivity index is 2.14. The summed E-state index contributed by atoms with van der Waals surface area (Å²) in [5.74, 6) is -0.398. The Morgan fingerprint density at radius 2 is 1.53 bits per heavy atom. The van der Waals surface area contributed by atoms with Crippen LogP contribution in [0, 0.1) is 0 Å². The molecular formula is C15H8N2O2. The summed E-state index contributed by atoms with van der Waals surface area (Å²) in [7, 11) is 0. The molecule has 0 amide bonds. The van der Waals surface area contributed by atoms with Crippen molar-refractivity contribution >= 4 is 22.6 Å². The van der Waals surface area contributed by atoms with Crippen LogP contribution in [0.3, 0.4) is 0 Å². The molecule has 1 aromatic heterocycles. The predicted molar refractivity (Wildman–Crippen MR) is 69.3 cm³/mol. The Morgan fingerprint density at radius 1 is 0.842 bits per heavy atom. The molecule has 1 aliphatic heterocycles. The van der Waals surface area contributed by atoms with Crippen LogP contribution in [0.25, 0.3) is 10.9 Å². The fourth-order valence-corrected chi connectivity index (χ4v) is 2.51. The lowest BCUT2D eigenvalue weighted by molar-refractivity contribution is 0.0897. The number of carbonyl (C=O) groups excluding carboxylic acids is 2. The summed E-state index contributed by atoms with van der Waals surface area (Å²) in [6, 6.07) is 14.1.